The van der Waals surface area contributed by atoms with Gasteiger partial charge >= 0.3 is 30.2 Å². The van der Waals surface area contributed by atoms with Gasteiger partial charge in [0.15, 0.2) is 0 Å². The molecule has 0 radical (unpaired) electrons. The molecular weight excluding hydrogens is 1160 g/mol. The van der Waals surface area contributed by atoms with E-state index in [1.807, 2.05) is 78.9 Å². The lowest BCUT2D eigenvalue weighted by Gasteiger charge is -2.32. The van der Waals surface area contributed by atoms with Gasteiger partial charge in [-0.3, -0.25) is 9.59 Å². The quantitative estimate of drug-likeness (QED) is 0.0170. The summed E-state index contributed by atoms with van der Waals surface area (Å²) >= 11 is 0. The van der Waals surface area contributed by atoms with Crippen LogP contribution in [0.15, 0.2) is 188 Å². The van der Waals surface area contributed by atoms with Crippen molar-refractivity contribution in [3.05, 3.63) is 227 Å². The van der Waals surface area contributed by atoms with Crippen molar-refractivity contribution >= 4 is 42.0 Å². The number of carboxylic acids is 1. The predicted molar refractivity (Wildman–Crippen MR) is 340 cm³/mol. The van der Waals surface area contributed by atoms with Crippen LogP contribution < -0.4 is 36.1 Å². The van der Waals surface area contributed by atoms with Crippen molar-refractivity contribution in [2.45, 2.75) is 130 Å². The van der Waals surface area contributed by atoms with Crippen molar-refractivity contribution in [1.29, 1.82) is 0 Å². The zero-order chi connectivity index (χ0) is 65.3. The zero-order valence-corrected chi connectivity index (χ0v) is 51.9. The number of aliphatic carboxylic acids is 1. The molecule has 0 aliphatic rings. The minimum atomic E-state index is -1.60. The number of carboxylic acid groups (broad SMARTS) is 1. The van der Waals surface area contributed by atoms with E-state index in [9.17, 15) is 39.0 Å². The summed E-state index contributed by atoms with van der Waals surface area (Å²) in [4.78, 5) is 96.7. The number of aliphatic hydroxyl groups excluding tert-OH is 1. The van der Waals surface area contributed by atoms with Gasteiger partial charge in [-0.15, -0.1) is 0 Å². The summed E-state index contributed by atoms with van der Waals surface area (Å²) in [7, 11) is 0. The number of esters is 1. The second-order valence-electron chi connectivity index (χ2n) is 23.7. The average Bonchev–Trinajstić information content (AvgIpc) is 0.923. The second kappa shape index (κ2) is 33.4. The Hall–Kier alpha value is -10.2. The van der Waals surface area contributed by atoms with Gasteiger partial charge in [-0.05, 0) is 101 Å². The molecule has 0 saturated heterocycles. The molecule has 0 aliphatic carbocycles. The monoisotopic (exact) mass is 1240 g/mol. The Morgan fingerprint density at radius 2 is 0.835 bits per heavy atom. The maximum Gasteiger partial charge on any atom is 0.408 e. The van der Waals surface area contributed by atoms with E-state index in [4.69, 9.17) is 28.4 Å². The SMILES string of the molecule is CC(C)(C)OC(=O)N[C@@H](C[C@@H](O)CNC(=O)OCc1ccccc1)C(=O)NC(Cc1cc(-c2ccc(OCc3ccccc3)c(CC(NC(=O)OCc3ccccc3)C(=O)O)c2)ccc1OCc1ccccc1)C(=O)N[C@H](C(=O)OCc1ccccc1)C(C)(C)C. The topological polar surface area (TPSA) is 275 Å². The number of hydrogen-bond acceptors (Lipinski definition) is 14. The fraction of sp³-hybridized carbons (Fsp3) is 0.310. The molecule has 7 rings (SSSR count). The van der Waals surface area contributed by atoms with Crippen LogP contribution in [-0.4, -0.2) is 94.7 Å². The first kappa shape index (κ1) is 68.3. The lowest BCUT2D eigenvalue weighted by molar-refractivity contribution is -0.152. The Labute approximate surface area is 530 Å². The molecule has 478 valence electrons. The molecule has 0 saturated carbocycles. The molecule has 91 heavy (non-hydrogen) atoms. The molecule has 0 fully saturated rings. The summed E-state index contributed by atoms with van der Waals surface area (Å²) < 4.78 is 34.9. The molecule has 0 bridgehead atoms. The fourth-order valence-electron chi connectivity index (χ4n) is 9.31. The predicted octanol–water partition coefficient (Wildman–Crippen LogP) is 10.3. The first-order valence-corrected chi connectivity index (χ1v) is 29.8. The highest BCUT2D eigenvalue weighted by atomic mass is 16.6. The van der Waals surface area contributed by atoms with E-state index in [1.165, 1.54) is 0 Å². The lowest BCUT2D eigenvalue weighted by atomic mass is 9.86. The number of hydrogen-bond donors (Lipinski definition) is 7. The van der Waals surface area contributed by atoms with Crippen LogP contribution in [0.2, 0.25) is 0 Å². The van der Waals surface area contributed by atoms with Crippen LogP contribution in [0.25, 0.3) is 11.1 Å². The molecule has 7 N–H and O–H groups in total. The van der Waals surface area contributed by atoms with Crippen molar-refractivity contribution in [2.24, 2.45) is 5.41 Å². The summed E-state index contributed by atoms with van der Waals surface area (Å²) in [5.41, 5.74) is 3.61. The standard InChI is InChI=1S/C71H79N5O15/c1-70(2,3)62(66(82)88-44-49-26-16-9-17-27-49)76-64(79)57(73-63(78)58(74-69(85)91-71(4,5)6)40-56(77)41-72-67(83)89-45-50-28-18-10-19-29-50)38-54-36-52(32-34-60(54)86-42-47-22-12-7-13-23-47)53-33-35-61(87-43-48-24-14-8-15-25-48)55(37-53)39-59(65(80)81)75-68(84)90-46-51-30-20-11-21-31-51/h7-37,56-59,62,77H,38-46H2,1-6H3,(H,72,83)(H,73,78)(H,74,85)(H,75,84)(H,76,79)(H,80,81)/t56-,57?,58+,59?,62-/m1/s1. The number of carbonyl (C=O) groups is 7. The molecule has 20 nitrogen and oxygen atoms in total. The average molecular weight is 1240 g/mol. The summed E-state index contributed by atoms with van der Waals surface area (Å²) in [5.74, 6) is -3.29. The number of benzene rings is 7. The molecule has 7 aromatic carbocycles. The van der Waals surface area contributed by atoms with Crippen LogP contribution in [0.4, 0.5) is 14.4 Å². The third-order valence-electron chi connectivity index (χ3n) is 14.0. The summed E-state index contributed by atoms with van der Waals surface area (Å²) in [6.07, 6.45) is -5.40. The Bertz CT molecular complexity index is 3510. The molecule has 5 amide bonds. The number of alkyl carbamates (subject to hydrolysis) is 3. The van der Waals surface area contributed by atoms with Crippen molar-refractivity contribution in [2.75, 3.05) is 6.54 Å². The summed E-state index contributed by atoms with van der Waals surface area (Å²) in [6, 6.07) is 49.9. The Balaban J connectivity index is 1.26. The van der Waals surface area contributed by atoms with Crippen molar-refractivity contribution < 1.29 is 72.2 Å². The van der Waals surface area contributed by atoms with Gasteiger partial charge in [-0.1, -0.05) is 185 Å². The summed E-state index contributed by atoms with van der Waals surface area (Å²) in [6.45, 7) is 9.59. The first-order chi connectivity index (χ1) is 43.5. The van der Waals surface area contributed by atoms with E-state index in [1.54, 1.807) is 151 Å². The van der Waals surface area contributed by atoms with Crippen LogP contribution in [0.3, 0.4) is 0 Å². The van der Waals surface area contributed by atoms with Crippen molar-refractivity contribution in [3.63, 3.8) is 0 Å². The number of amides is 5. The van der Waals surface area contributed by atoms with Gasteiger partial charge in [-0.2, -0.15) is 0 Å². The van der Waals surface area contributed by atoms with Crippen LogP contribution >= 0.6 is 0 Å². The van der Waals surface area contributed by atoms with Gasteiger partial charge in [0.1, 0.15) is 74.3 Å². The third-order valence-corrected chi connectivity index (χ3v) is 14.0. The molecule has 5 atom stereocenters. The van der Waals surface area contributed by atoms with E-state index in [2.05, 4.69) is 26.6 Å². The van der Waals surface area contributed by atoms with Gasteiger partial charge in [0.2, 0.25) is 11.8 Å². The van der Waals surface area contributed by atoms with E-state index in [0.29, 0.717) is 39.1 Å². The number of rotatable bonds is 29. The molecule has 7 aromatic rings. The largest absolute Gasteiger partial charge is 0.489 e. The van der Waals surface area contributed by atoms with Gasteiger partial charge in [0, 0.05) is 25.8 Å². The van der Waals surface area contributed by atoms with E-state index in [0.717, 1.165) is 16.7 Å². The number of aliphatic hydroxyl groups is 1. The zero-order valence-electron chi connectivity index (χ0n) is 51.9. The van der Waals surface area contributed by atoms with Gasteiger partial charge in [0.05, 0.1) is 6.10 Å². The molecule has 2 unspecified atom stereocenters. The molecule has 0 aromatic heterocycles. The minimum absolute atomic E-state index is 0.0574. The first-order valence-electron chi connectivity index (χ1n) is 29.8. The molecule has 0 spiro atoms. The molecular formula is C71H79N5O15. The Kier molecular flexibility index (Phi) is 25.1. The Morgan fingerprint density at radius 1 is 0.440 bits per heavy atom. The van der Waals surface area contributed by atoms with Crippen molar-refractivity contribution in [3.8, 4) is 22.6 Å². The van der Waals surface area contributed by atoms with Gasteiger partial charge in [0.25, 0.3) is 0 Å². The van der Waals surface area contributed by atoms with E-state index >= 15 is 4.79 Å². The highest BCUT2D eigenvalue weighted by Gasteiger charge is 2.38. The maximum atomic E-state index is 15.3. The van der Waals surface area contributed by atoms with Crippen LogP contribution in [-0.2, 0) is 84.0 Å². The normalized spacial score (nSPS) is 12.9. The number of ether oxygens (including phenoxy) is 6. The van der Waals surface area contributed by atoms with Crippen LogP contribution in [0.1, 0.15) is 86.9 Å². The number of nitrogens with one attached hydrogen (secondary N) is 5. The third kappa shape index (κ3) is 23.0. The Morgan fingerprint density at radius 3 is 1.26 bits per heavy atom. The van der Waals surface area contributed by atoms with Gasteiger partial charge < -0.3 is 65.2 Å². The fourth-order valence-corrected chi connectivity index (χ4v) is 9.31. The highest BCUT2D eigenvalue weighted by molar-refractivity contribution is 5.93. The van der Waals surface area contributed by atoms with Crippen LogP contribution in [0, 0.1) is 5.41 Å². The second-order valence-corrected chi connectivity index (χ2v) is 23.7. The molecule has 0 heterocycles. The van der Waals surface area contributed by atoms with Crippen LogP contribution in [0.5, 0.6) is 11.5 Å². The van der Waals surface area contributed by atoms with Gasteiger partial charge in [-0.25, -0.2) is 24.0 Å². The molecule has 20 heteroatoms. The summed E-state index contributed by atoms with van der Waals surface area (Å²) in [5, 5.41) is 35.1. The van der Waals surface area contributed by atoms with E-state index in [-0.39, 0.29) is 51.6 Å². The van der Waals surface area contributed by atoms with E-state index < -0.39 is 96.3 Å². The number of carbonyl (C=O) groups excluding carboxylic acids is 6. The maximum absolute atomic E-state index is 15.3. The van der Waals surface area contributed by atoms with Crippen molar-refractivity contribution in [1.82, 2.24) is 26.6 Å². The minimum Gasteiger partial charge on any atom is -0.489 e. The highest BCUT2D eigenvalue weighted by Crippen LogP contribution is 2.33. The molecule has 0 aliphatic heterocycles. The smallest absolute Gasteiger partial charge is 0.408 e. The lowest BCUT2D eigenvalue weighted by Crippen LogP contribution is -2.59.